The van der Waals surface area contributed by atoms with Crippen LogP contribution in [0.2, 0.25) is 0 Å². The Bertz CT molecular complexity index is 529. The monoisotopic (exact) mass is 360 g/mol. The number of anilines is 1. The Kier molecular flexibility index (Phi) is 5.17. The second-order valence-corrected chi connectivity index (χ2v) is 5.95. The number of benzene rings is 1. The number of terminal acetylenes is 1. The Morgan fingerprint density at radius 1 is 1.33 bits per heavy atom. The molecule has 1 aliphatic rings. The molecular formula is C15H16BrF3N2. The first kappa shape index (κ1) is 16.2. The highest BCUT2D eigenvalue weighted by molar-refractivity contribution is 9.10. The van der Waals surface area contributed by atoms with Crippen LogP contribution >= 0.6 is 15.9 Å². The first-order valence-corrected chi connectivity index (χ1v) is 7.48. The molecule has 0 spiro atoms. The fourth-order valence-corrected chi connectivity index (χ4v) is 2.76. The van der Waals surface area contributed by atoms with Crippen molar-refractivity contribution in [3.8, 4) is 12.3 Å². The van der Waals surface area contributed by atoms with E-state index in [0.717, 1.165) is 38.1 Å². The lowest BCUT2D eigenvalue weighted by Crippen LogP contribution is -2.39. The molecule has 1 saturated heterocycles. The molecule has 1 fully saturated rings. The minimum atomic E-state index is -4.33. The average Bonchev–Trinajstić information content (AvgIpc) is 2.42. The van der Waals surface area contributed by atoms with E-state index in [9.17, 15) is 13.2 Å². The van der Waals surface area contributed by atoms with Crippen molar-refractivity contribution in [2.75, 3.05) is 25.0 Å². The van der Waals surface area contributed by atoms with Gasteiger partial charge < -0.3 is 5.32 Å². The fraction of sp³-hybridized carbons (Fsp3) is 0.467. The van der Waals surface area contributed by atoms with E-state index in [1.807, 2.05) is 0 Å². The van der Waals surface area contributed by atoms with E-state index in [1.54, 1.807) is 0 Å². The number of hydrogen-bond donors (Lipinski definition) is 1. The highest BCUT2D eigenvalue weighted by Gasteiger charge is 2.31. The molecule has 1 aromatic rings. The van der Waals surface area contributed by atoms with Crippen LogP contribution in [0.1, 0.15) is 18.4 Å². The molecule has 2 rings (SSSR count). The lowest BCUT2D eigenvalue weighted by atomic mass is 10.0. The molecule has 1 heterocycles. The van der Waals surface area contributed by atoms with E-state index >= 15 is 0 Å². The van der Waals surface area contributed by atoms with Gasteiger partial charge in [0.25, 0.3) is 0 Å². The van der Waals surface area contributed by atoms with Gasteiger partial charge in [-0.2, -0.15) is 13.2 Å². The summed E-state index contributed by atoms with van der Waals surface area (Å²) in [4.78, 5) is 2.17. The van der Waals surface area contributed by atoms with Gasteiger partial charge in [-0.1, -0.05) is 5.92 Å². The van der Waals surface area contributed by atoms with Crippen LogP contribution in [-0.4, -0.2) is 30.6 Å². The topological polar surface area (TPSA) is 15.3 Å². The van der Waals surface area contributed by atoms with Crippen LogP contribution in [0.15, 0.2) is 22.7 Å². The molecule has 1 N–H and O–H groups in total. The number of alkyl halides is 3. The van der Waals surface area contributed by atoms with Gasteiger partial charge in [-0.15, -0.1) is 6.42 Å². The quantitative estimate of drug-likeness (QED) is 0.820. The minimum absolute atomic E-state index is 0.166. The third-order valence-corrected chi connectivity index (χ3v) is 4.25. The summed E-state index contributed by atoms with van der Waals surface area (Å²) in [5, 5.41) is 3.20. The van der Waals surface area contributed by atoms with Crippen LogP contribution in [-0.2, 0) is 6.18 Å². The minimum Gasteiger partial charge on any atom is -0.381 e. The molecular weight excluding hydrogens is 345 g/mol. The van der Waals surface area contributed by atoms with Gasteiger partial charge in [0.1, 0.15) is 0 Å². The first-order valence-electron chi connectivity index (χ1n) is 6.69. The van der Waals surface area contributed by atoms with Gasteiger partial charge in [0.05, 0.1) is 12.1 Å². The first-order chi connectivity index (χ1) is 9.90. The molecule has 0 aromatic heterocycles. The number of nitrogens with zero attached hydrogens (tertiary/aromatic N) is 1. The normalized spacial score (nSPS) is 17.5. The predicted octanol–water partition coefficient (Wildman–Crippen LogP) is 3.98. The second-order valence-electron chi connectivity index (χ2n) is 5.09. The molecule has 0 aliphatic carbocycles. The molecule has 2 nitrogen and oxygen atoms in total. The zero-order chi connectivity index (χ0) is 15.5. The Hall–Kier alpha value is -1.19. The van der Waals surface area contributed by atoms with Gasteiger partial charge in [0, 0.05) is 29.3 Å². The van der Waals surface area contributed by atoms with Gasteiger partial charge in [0.2, 0.25) is 0 Å². The Morgan fingerprint density at radius 2 is 2.00 bits per heavy atom. The van der Waals surface area contributed by atoms with Crippen LogP contribution in [0.25, 0.3) is 0 Å². The van der Waals surface area contributed by atoms with Crippen molar-refractivity contribution in [2.45, 2.75) is 25.1 Å². The van der Waals surface area contributed by atoms with Gasteiger partial charge in [-0.25, -0.2) is 0 Å². The highest BCUT2D eigenvalue weighted by atomic mass is 79.9. The summed E-state index contributed by atoms with van der Waals surface area (Å²) in [5.74, 6) is 2.61. The van der Waals surface area contributed by atoms with Crippen molar-refractivity contribution in [3.63, 3.8) is 0 Å². The van der Waals surface area contributed by atoms with Gasteiger partial charge in [0.15, 0.2) is 0 Å². The summed E-state index contributed by atoms with van der Waals surface area (Å²) in [7, 11) is 0. The summed E-state index contributed by atoms with van der Waals surface area (Å²) < 4.78 is 38.9. The SMILES string of the molecule is C#CCN1CCC(Nc2cc(C(F)(F)F)ccc2Br)CC1. The van der Waals surface area contributed by atoms with E-state index < -0.39 is 11.7 Å². The zero-order valence-electron chi connectivity index (χ0n) is 11.4. The van der Waals surface area contributed by atoms with Crippen LogP contribution in [0, 0.1) is 12.3 Å². The lowest BCUT2D eigenvalue weighted by molar-refractivity contribution is -0.137. The summed E-state index contributed by atoms with van der Waals surface area (Å²) in [5.41, 5.74) is -0.154. The number of hydrogen-bond acceptors (Lipinski definition) is 2. The molecule has 0 bridgehead atoms. The molecule has 1 aromatic carbocycles. The fourth-order valence-electron chi connectivity index (χ4n) is 2.40. The molecule has 0 amide bonds. The van der Waals surface area contributed by atoms with Gasteiger partial charge in [-0.3, -0.25) is 4.90 Å². The Morgan fingerprint density at radius 3 is 2.57 bits per heavy atom. The third-order valence-electron chi connectivity index (χ3n) is 3.56. The summed E-state index contributed by atoms with van der Waals surface area (Å²) >= 11 is 3.29. The van der Waals surface area contributed by atoms with Crippen LogP contribution in [0.3, 0.4) is 0 Å². The van der Waals surface area contributed by atoms with Crippen molar-refractivity contribution in [2.24, 2.45) is 0 Å². The second kappa shape index (κ2) is 6.71. The van der Waals surface area contributed by atoms with Crippen molar-refractivity contribution in [3.05, 3.63) is 28.2 Å². The number of likely N-dealkylation sites (tertiary alicyclic amines) is 1. The molecule has 0 unspecified atom stereocenters. The van der Waals surface area contributed by atoms with Crippen molar-refractivity contribution in [1.82, 2.24) is 4.90 Å². The summed E-state index contributed by atoms with van der Waals surface area (Å²) in [6.07, 6.45) is 2.68. The number of rotatable bonds is 3. The Labute approximate surface area is 130 Å². The standard InChI is InChI=1S/C15H16BrF3N2/c1-2-7-21-8-5-12(6-9-21)20-14-10-11(15(17,18)19)3-4-13(14)16/h1,3-4,10,12,20H,5-9H2. The number of nitrogens with one attached hydrogen (secondary N) is 1. The van der Waals surface area contributed by atoms with Crippen LogP contribution in [0.4, 0.5) is 18.9 Å². The van der Waals surface area contributed by atoms with E-state index in [1.165, 1.54) is 6.07 Å². The van der Waals surface area contributed by atoms with Crippen LogP contribution < -0.4 is 5.32 Å². The molecule has 1 aliphatic heterocycles. The largest absolute Gasteiger partial charge is 0.416 e. The number of piperidine rings is 1. The maximum atomic E-state index is 12.7. The zero-order valence-corrected chi connectivity index (χ0v) is 13.0. The Balaban J connectivity index is 2.02. The van der Waals surface area contributed by atoms with E-state index in [-0.39, 0.29) is 6.04 Å². The van der Waals surface area contributed by atoms with Gasteiger partial charge in [-0.05, 0) is 47.0 Å². The maximum absolute atomic E-state index is 12.7. The van der Waals surface area contributed by atoms with E-state index in [2.05, 4.69) is 32.1 Å². The summed E-state index contributed by atoms with van der Waals surface area (Å²) in [6.45, 7) is 2.34. The predicted molar refractivity (Wildman–Crippen MR) is 81.1 cm³/mol. The molecule has 0 saturated carbocycles. The average molecular weight is 361 g/mol. The van der Waals surface area contributed by atoms with Crippen molar-refractivity contribution < 1.29 is 13.2 Å². The summed E-state index contributed by atoms with van der Waals surface area (Å²) in [6, 6.07) is 3.82. The van der Waals surface area contributed by atoms with Gasteiger partial charge >= 0.3 is 6.18 Å². The third kappa shape index (κ3) is 4.39. The molecule has 21 heavy (non-hydrogen) atoms. The van der Waals surface area contributed by atoms with E-state index in [0.29, 0.717) is 16.7 Å². The van der Waals surface area contributed by atoms with E-state index in [4.69, 9.17) is 6.42 Å². The lowest BCUT2D eigenvalue weighted by Gasteiger charge is -2.32. The molecule has 0 atom stereocenters. The smallest absolute Gasteiger partial charge is 0.381 e. The number of halogens is 4. The van der Waals surface area contributed by atoms with Crippen molar-refractivity contribution in [1.29, 1.82) is 0 Å². The maximum Gasteiger partial charge on any atom is 0.416 e. The highest BCUT2D eigenvalue weighted by Crippen LogP contribution is 2.34. The van der Waals surface area contributed by atoms with Crippen LogP contribution in [0.5, 0.6) is 0 Å². The molecule has 0 radical (unpaired) electrons. The molecule has 114 valence electrons. The van der Waals surface area contributed by atoms with Crippen molar-refractivity contribution >= 4 is 21.6 Å². The molecule has 6 heteroatoms.